The molecule has 2 fully saturated rings. The molecule has 2 saturated heterocycles. The average Bonchev–Trinajstić information content (AvgIpc) is 3.10. The number of phenols is 1. The zero-order valence-electron chi connectivity index (χ0n) is 17.6. The summed E-state index contributed by atoms with van der Waals surface area (Å²) in [6.45, 7) is 3.57. The van der Waals surface area contributed by atoms with Crippen molar-refractivity contribution in [3.05, 3.63) is 54.1 Å². The number of carbonyl (C=O) groups is 1. The summed E-state index contributed by atoms with van der Waals surface area (Å²) in [5.74, 6) is 0.0887. The van der Waals surface area contributed by atoms with Gasteiger partial charge < -0.3 is 14.9 Å². The number of anilines is 1. The third kappa shape index (κ3) is 4.85. The van der Waals surface area contributed by atoms with Crippen LogP contribution in [0.4, 0.5) is 5.69 Å². The van der Waals surface area contributed by atoms with E-state index in [2.05, 4.69) is 4.90 Å². The molecule has 0 bridgehead atoms. The molecule has 166 valence electrons. The molecule has 4 rings (SSSR count). The third-order valence-electron chi connectivity index (χ3n) is 6.07. The van der Waals surface area contributed by atoms with Crippen molar-refractivity contribution in [2.45, 2.75) is 30.6 Å². The number of amides is 1. The van der Waals surface area contributed by atoms with Gasteiger partial charge in [-0.3, -0.25) is 4.79 Å². The number of piperazine rings is 1. The van der Waals surface area contributed by atoms with E-state index in [-0.39, 0.29) is 16.6 Å². The van der Waals surface area contributed by atoms with Gasteiger partial charge in [-0.2, -0.15) is 4.31 Å². The summed E-state index contributed by atoms with van der Waals surface area (Å²) in [5, 5.41) is 9.46. The molecule has 0 spiro atoms. The molecule has 2 aliphatic rings. The van der Waals surface area contributed by atoms with Crippen LogP contribution in [0.25, 0.3) is 0 Å². The highest BCUT2D eigenvalue weighted by atomic mass is 32.2. The largest absolute Gasteiger partial charge is 0.508 e. The molecule has 0 radical (unpaired) electrons. The van der Waals surface area contributed by atoms with Crippen molar-refractivity contribution in [1.82, 2.24) is 9.21 Å². The molecule has 0 unspecified atom stereocenters. The standard InChI is InChI=1S/C23H29N3O4S/c27-21-10-8-20(9-11-21)24-14-16-25(17-15-24)23(28)19-6-5-7-22(18-19)31(29,30)26-12-3-1-2-4-13-26/h5-11,18,27H,1-4,12-17H2. The summed E-state index contributed by atoms with van der Waals surface area (Å²) < 4.78 is 27.7. The van der Waals surface area contributed by atoms with Crippen LogP contribution in [0.2, 0.25) is 0 Å². The summed E-state index contributed by atoms with van der Waals surface area (Å²) in [7, 11) is -3.59. The van der Waals surface area contributed by atoms with E-state index in [1.807, 2.05) is 12.1 Å². The highest BCUT2D eigenvalue weighted by molar-refractivity contribution is 7.89. The van der Waals surface area contributed by atoms with Crippen molar-refractivity contribution in [2.24, 2.45) is 0 Å². The van der Waals surface area contributed by atoms with Gasteiger partial charge in [0, 0.05) is 50.5 Å². The van der Waals surface area contributed by atoms with Gasteiger partial charge in [-0.15, -0.1) is 0 Å². The Balaban J connectivity index is 1.44. The van der Waals surface area contributed by atoms with Gasteiger partial charge in [0.05, 0.1) is 4.90 Å². The summed E-state index contributed by atoms with van der Waals surface area (Å²) in [6, 6.07) is 13.5. The highest BCUT2D eigenvalue weighted by Crippen LogP contribution is 2.23. The number of nitrogens with zero attached hydrogens (tertiary/aromatic N) is 3. The molecule has 1 amide bonds. The molecule has 2 heterocycles. The summed E-state index contributed by atoms with van der Waals surface area (Å²) >= 11 is 0. The maximum Gasteiger partial charge on any atom is 0.254 e. The van der Waals surface area contributed by atoms with Gasteiger partial charge in [-0.25, -0.2) is 8.42 Å². The molecule has 0 aliphatic carbocycles. The highest BCUT2D eigenvalue weighted by Gasteiger charge is 2.27. The van der Waals surface area contributed by atoms with E-state index < -0.39 is 10.0 Å². The molecule has 0 aromatic heterocycles. The smallest absolute Gasteiger partial charge is 0.254 e. The Labute approximate surface area is 183 Å². The zero-order valence-corrected chi connectivity index (χ0v) is 18.4. The molecule has 2 aromatic rings. The first-order valence-corrected chi connectivity index (χ1v) is 12.3. The fraction of sp³-hybridized carbons (Fsp3) is 0.435. The topological polar surface area (TPSA) is 81.2 Å². The van der Waals surface area contributed by atoms with Crippen molar-refractivity contribution < 1.29 is 18.3 Å². The van der Waals surface area contributed by atoms with Gasteiger partial charge in [0.15, 0.2) is 0 Å². The van der Waals surface area contributed by atoms with Gasteiger partial charge in [0.1, 0.15) is 5.75 Å². The first kappa shape index (κ1) is 21.6. The van der Waals surface area contributed by atoms with Gasteiger partial charge in [0.2, 0.25) is 10.0 Å². The van der Waals surface area contributed by atoms with Gasteiger partial charge in [-0.05, 0) is 55.3 Å². The lowest BCUT2D eigenvalue weighted by molar-refractivity contribution is 0.0746. The van der Waals surface area contributed by atoms with E-state index in [1.165, 1.54) is 6.07 Å². The molecular weight excluding hydrogens is 414 g/mol. The first-order valence-electron chi connectivity index (χ1n) is 10.9. The number of benzene rings is 2. The van der Waals surface area contributed by atoms with Crippen LogP contribution < -0.4 is 4.90 Å². The number of sulfonamides is 1. The quantitative estimate of drug-likeness (QED) is 0.786. The minimum absolute atomic E-state index is 0.140. The molecule has 7 nitrogen and oxygen atoms in total. The van der Waals surface area contributed by atoms with Crippen molar-refractivity contribution >= 4 is 21.6 Å². The number of rotatable bonds is 4. The van der Waals surface area contributed by atoms with Gasteiger partial charge in [-0.1, -0.05) is 18.9 Å². The summed E-state index contributed by atoms with van der Waals surface area (Å²) in [6.07, 6.45) is 3.87. The van der Waals surface area contributed by atoms with E-state index in [4.69, 9.17) is 0 Å². The van der Waals surface area contributed by atoms with Crippen molar-refractivity contribution in [3.63, 3.8) is 0 Å². The Hall–Kier alpha value is -2.58. The van der Waals surface area contributed by atoms with E-state index in [1.54, 1.807) is 39.5 Å². The molecule has 0 saturated carbocycles. The van der Waals surface area contributed by atoms with E-state index >= 15 is 0 Å². The van der Waals surface area contributed by atoms with Crippen molar-refractivity contribution in [3.8, 4) is 5.75 Å². The Kier molecular flexibility index (Phi) is 6.48. The molecule has 8 heteroatoms. The fourth-order valence-electron chi connectivity index (χ4n) is 4.23. The first-order chi connectivity index (χ1) is 14.9. The average molecular weight is 444 g/mol. The molecule has 1 N–H and O–H groups in total. The fourth-order valence-corrected chi connectivity index (χ4v) is 5.80. The number of phenolic OH excluding ortho intramolecular Hbond substituents is 1. The minimum Gasteiger partial charge on any atom is -0.508 e. The van der Waals surface area contributed by atoms with Crippen LogP contribution in [0.15, 0.2) is 53.4 Å². The second-order valence-corrected chi connectivity index (χ2v) is 10.1. The molecule has 2 aliphatic heterocycles. The van der Waals surface area contributed by atoms with E-state index in [0.717, 1.165) is 31.4 Å². The second kappa shape index (κ2) is 9.28. The second-order valence-electron chi connectivity index (χ2n) is 8.14. The number of hydrogen-bond acceptors (Lipinski definition) is 5. The molecule has 0 atom stereocenters. The number of hydrogen-bond donors (Lipinski definition) is 1. The van der Waals surface area contributed by atoms with Crippen molar-refractivity contribution in [2.75, 3.05) is 44.2 Å². The molecule has 2 aromatic carbocycles. The maximum atomic E-state index is 13.1. The maximum absolute atomic E-state index is 13.1. The normalized spacial score (nSPS) is 18.6. The Morgan fingerprint density at radius 3 is 2.10 bits per heavy atom. The van der Waals surface area contributed by atoms with E-state index in [0.29, 0.717) is 44.8 Å². The van der Waals surface area contributed by atoms with Crippen LogP contribution in [0.1, 0.15) is 36.0 Å². The van der Waals surface area contributed by atoms with Crippen LogP contribution in [-0.4, -0.2) is 67.9 Å². The lowest BCUT2D eigenvalue weighted by Crippen LogP contribution is -2.48. The third-order valence-corrected chi connectivity index (χ3v) is 7.96. The van der Waals surface area contributed by atoms with Crippen LogP contribution in [0.3, 0.4) is 0 Å². The SMILES string of the molecule is O=C(c1cccc(S(=O)(=O)N2CCCCCC2)c1)N1CCN(c2ccc(O)cc2)CC1. The zero-order chi connectivity index (χ0) is 21.8. The van der Waals surface area contributed by atoms with Crippen LogP contribution in [0.5, 0.6) is 5.75 Å². The lowest BCUT2D eigenvalue weighted by Gasteiger charge is -2.36. The van der Waals surface area contributed by atoms with Crippen LogP contribution >= 0.6 is 0 Å². The monoisotopic (exact) mass is 443 g/mol. The minimum atomic E-state index is -3.59. The Morgan fingerprint density at radius 1 is 0.806 bits per heavy atom. The number of aromatic hydroxyl groups is 1. The van der Waals surface area contributed by atoms with Crippen molar-refractivity contribution in [1.29, 1.82) is 0 Å². The Morgan fingerprint density at radius 2 is 1.45 bits per heavy atom. The Bertz CT molecular complexity index is 1010. The summed E-state index contributed by atoms with van der Waals surface area (Å²) in [4.78, 5) is 17.2. The van der Waals surface area contributed by atoms with Gasteiger partial charge in [0.25, 0.3) is 5.91 Å². The van der Waals surface area contributed by atoms with Crippen LogP contribution in [0, 0.1) is 0 Å². The molecular formula is C23H29N3O4S. The predicted molar refractivity (Wildman–Crippen MR) is 120 cm³/mol. The van der Waals surface area contributed by atoms with E-state index in [9.17, 15) is 18.3 Å². The van der Waals surface area contributed by atoms with Crippen LogP contribution in [-0.2, 0) is 10.0 Å². The van der Waals surface area contributed by atoms with Gasteiger partial charge >= 0.3 is 0 Å². The lowest BCUT2D eigenvalue weighted by atomic mass is 10.1. The number of carbonyl (C=O) groups excluding carboxylic acids is 1. The molecule has 31 heavy (non-hydrogen) atoms. The predicted octanol–water partition coefficient (Wildman–Crippen LogP) is 2.92. The summed E-state index contributed by atoms with van der Waals surface area (Å²) in [5.41, 5.74) is 1.42.